The molecule has 2 unspecified atom stereocenters. The lowest BCUT2D eigenvalue weighted by molar-refractivity contribution is -0.147. The molecule has 1 aromatic rings. The van der Waals surface area contributed by atoms with Crippen molar-refractivity contribution in [3.63, 3.8) is 0 Å². The highest BCUT2D eigenvalue weighted by Crippen LogP contribution is 2.47. The summed E-state index contributed by atoms with van der Waals surface area (Å²) < 4.78 is 8.11. The van der Waals surface area contributed by atoms with Crippen LogP contribution in [-0.4, -0.2) is 22.0 Å². The Morgan fingerprint density at radius 1 is 1.60 bits per heavy atom. The van der Waals surface area contributed by atoms with Crippen molar-refractivity contribution in [2.24, 2.45) is 11.8 Å². The Kier molecular flexibility index (Phi) is 3.84. The Labute approximate surface area is 120 Å². The van der Waals surface area contributed by atoms with Crippen LogP contribution in [0.5, 0.6) is 0 Å². The molecular formula is C15H26N4O. The zero-order chi connectivity index (χ0) is 14.2. The van der Waals surface area contributed by atoms with Crippen molar-refractivity contribution in [2.45, 2.75) is 64.1 Å². The van der Waals surface area contributed by atoms with E-state index in [9.17, 15) is 0 Å². The fraction of sp³-hybridized carbons (Fsp3) is 0.800. The highest BCUT2D eigenvalue weighted by atomic mass is 16.5. The Hall–Kier alpha value is -0.910. The molecule has 3 N–H and O–H groups in total. The third-order valence-corrected chi connectivity index (χ3v) is 5.00. The van der Waals surface area contributed by atoms with E-state index in [0.717, 1.165) is 31.7 Å². The quantitative estimate of drug-likeness (QED) is 0.653. The molecule has 1 spiro atoms. The number of nitrogens with zero attached hydrogens (tertiary/aromatic N) is 2. The summed E-state index contributed by atoms with van der Waals surface area (Å²) in [6.45, 7) is 5.92. The first-order chi connectivity index (χ1) is 9.67. The van der Waals surface area contributed by atoms with E-state index in [2.05, 4.69) is 28.2 Å². The van der Waals surface area contributed by atoms with E-state index in [1.807, 2.05) is 6.92 Å². The van der Waals surface area contributed by atoms with Gasteiger partial charge >= 0.3 is 0 Å². The summed E-state index contributed by atoms with van der Waals surface area (Å²) >= 11 is 0. The van der Waals surface area contributed by atoms with E-state index in [-0.39, 0.29) is 11.6 Å². The second kappa shape index (κ2) is 5.47. The Balaban J connectivity index is 1.81. The minimum absolute atomic E-state index is 0.157. The van der Waals surface area contributed by atoms with Gasteiger partial charge in [0.25, 0.3) is 0 Å². The van der Waals surface area contributed by atoms with Crippen molar-refractivity contribution in [1.29, 1.82) is 0 Å². The molecule has 0 bridgehead atoms. The molecule has 1 aliphatic heterocycles. The maximum Gasteiger partial charge on any atom is 0.0686 e. The lowest BCUT2D eigenvalue weighted by atomic mass is 9.70. The molecule has 1 saturated carbocycles. The molecule has 3 rings (SSSR count). The number of aryl methyl sites for hydroxylation is 2. The van der Waals surface area contributed by atoms with Gasteiger partial charge in [-0.15, -0.1) is 0 Å². The van der Waals surface area contributed by atoms with Crippen LogP contribution in [0.1, 0.15) is 56.5 Å². The number of hydrazine groups is 1. The van der Waals surface area contributed by atoms with Crippen LogP contribution in [0.25, 0.3) is 0 Å². The van der Waals surface area contributed by atoms with Crippen molar-refractivity contribution in [2.75, 3.05) is 6.61 Å². The number of rotatable bonds is 4. The number of nitrogens with one attached hydrogen (secondary N) is 1. The lowest BCUT2D eigenvalue weighted by Gasteiger charge is -2.48. The largest absolute Gasteiger partial charge is 0.375 e. The molecule has 1 saturated heterocycles. The zero-order valence-corrected chi connectivity index (χ0v) is 12.6. The number of hydrogen-bond donors (Lipinski definition) is 2. The Bertz CT molecular complexity index is 466. The molecule has 2 atom stereocenters. The number of ether oxygens (including phenoxy) is 1. The van der Waals surface area contributed by atoms with Crippen LogP contribution < -0.4 is 11.3 Å². The van der Waals surface area contributed by atoms with E-state index >= 15 is 0 Å². The molecule has 0 amide bonds. The molecule has 112 valence electrons. The van der Waals surface area contributed by atoms with Crippen molar-refractivity contribution in [1.82, 2.24) is 15.2 Å². The van der Waals surface area contributed by atoms with Crippen LogP contribution in [0.4, 0.5) is 0 Å². The first-order valence-electron chi connectivity index (χ1n) is 7.82. The fourth-order valence-corrected chi connectivity index (χ4v) is 3.80. The molecule has 1 aromatic heterocycles. The van der Waals surface area contributed by atoms with Crippen molar-refractivity contribution in [3.8, 4) is 0 Å². The first-order valence-corrected chi connectivity index (χ1v) is 7.82. The summed E-state index contributed by atoms with van der Waals surface area (Å²) in [5, 5.41) is 4.55. The maximum atomic E-state index is 6.03. The van der Waals surface area contributed by atoms with Gasteiger partial charge in [-0.3, -0.25) is 16.0 Å². The van der Waals surface area contributed by atoms with Gasteiger partial charge in [0.1, 0.15) is 0 Å². The van der Waals surface area contributed by atoms with Gasteiger partial charge in [-0.25, -0.2) is 0 Å². The Morgan fingerprint density at radius 2 is 2.40 bits per heavy atom. The van der Waals surface area contributed by atoms with Crippen LogP contribution in [0.2, 0.25) is 0 Å². The first kappa shape index (κ1) is 14.0. The van der Waals surface area contributed by atoms with Crippen LogP contribution in [-0.2, 0) is 11.3 Å². The van der Waals surface area contributed by atoms with Gasteiger partial charge in [0.2, 0.25) is 0 Å². The van der Waals surface area contributed by atoms with Crippen LogP contribution >= 0.6 is 0 Å². The maximum absolute atomic E-state index is 6.03. The van der Waals surface area contributed by atoms with E-state index < -0.39 is 0 Å². The minimum Gasteiger partial charge on any atom is -0.375 e. The normalized spacial score (nSPS) is 26.4. The molecule has 2 aliphatic rings. The van der Waals surface area contributed by atoms with Gasteiger partial charge < -0.3 is 4.74 Å². The smallest absolute Gasteiger partial charge is 0.0686 e. The van der Waals surface area contributed by atoms with Gasteiger partial charge in [0, 0.05) is 13.2 Å². The third kappa shape index (κ3) is 2.38. The van der Waals surface area contributed by atoms with E-state index in [1.165, 1.54) is 25.0 Å². The van der Waals surface area contributed by atoms with Crippen LogP contribution in [0.15, 0.2) is 6.07 Å². The summed E-state index contributed by atoms with van der Waals surface area (Å²) in [7, 11) is 0. The Morgan fingerprint density at radius 3 is 3.00 bits per heavy atom. The molecule has 0 aromatic carbocycles. The van der Waals surface area contributed by atoms with Gasteiger partial charge in [0.05, 0.1) is 23.0 Å². The highest BCUT2D eigenvalue weighted by molar-refractivity contribution is 5.15. The van der Waals surface area contributed by atoms with Crippen molar-refractivity contribution >= 4 is 0 Å². The van der Waals surface area contributed by atoms with Gasteiger partial charge in [-0.1, -0.05) is 0 Å². The monoisotopic (exact) mass is 278 g/mol. The van der Waals surface area contributed by atoms with E-state index in [0.29, 0.717) is 5.92 Å². The SMILES string of the molecule is CCn1nc(C)cc1C(NN)C1CCOC2(CCC2)C1. The molecule has 0 radical (unpaired) electrons. The number of hydrogen-bond acceptors (Lipinski definition) is 4. The minimum atomic E-state index is 0.157. The molecular weight excluding hydrogens is 252 g/mol. The predicted octanol–water partition coefficient (Wildman–Crippen LogP) is 2.07. The topological polar surface area (TPSA) is 65.1 Å². The van der Waals surface area contributed by atoms with Gasteiger partial charge in [-0.05, 0) is 57.9 Å². The number of nitrogens with two attached hydrogens (primary N) is 1. The molecule has 2 heterocycles. The summed E-state index contributed by atoms with van der Waals surface area (Å²) in [6.07, 6.45) is 5.93. The standard InChI is InChI=1S/C15H26N4O/c1-3-19-13(9-11(2)18-19)14(17-16)12-5-8-20-15(10-12)6-4-7-15/h9,12,14,17H,3-8,10,16H2,1-2H3. The van der Waals surface area contributed by atoms with Crippen molar-refractivity contribution < 1.29 is 4.74 Å². The second-order valence-electron chi connectivity index (χ2n) is 6.31. The average Bonchev–Trinajstić information content (AvgIpc) is 2.79. The van der Waals surface area contributed by atoms with E-state index in [4.69, 9.17) is 10.6 Å². The fourth-order valence-electron chi connectivity index (χ4n) is 3.80. The van der Waals surface area contributed by atoms with Gasteiger partial charge in [0.15, 0.2) is 0 Å². The highest BCUT2D eigenvalue weighted by Gasteiger charge is 2.44. The average molecular weight is 278 g/mol. The van der Waals surface area contributed by atoms with Crippen molar-refractivity contribution in [3.05, 3.63) is 17.5 Å². The molecule has 1 aliphatic carbocycles. The van der Waals surface area contributed by atoms with Crippen LogP contribution in [0, 0.1) is 12.8 Å². The molecule has 20 heavy (non-hydrogen) atoms. The van der Waals surface area contributed by atoms with Gasteiger partial charge in [-0.2, -0.15) is 5.10 Å². The summed E-state index contributed by atoms with van der Waals surface area (Å²) in [5.41, 5.74) is 5.48. The summed E-state index contributed by atoms with van der Waals surface area (Å²) in [5.74, 6) is 6.42. The van der Waals surface area contributed by atoms with Crippen LogP contribution in [0.3, 0.4) is 0 Å². The summed E-state index contributed by atoms with van der Waals surface area (Å²) in [6, 6.07) is 2.34. The zero-order valence-electron chi connectivity index (χ0n) is 12.6. The molecule has 2 fully saturated rings. The second-order valence-corrected chi connectivity index (χ2v) is 6.31. The molecule has 5 nitrogen and oxygen atoms in total. The predicted molar refractivity (Wildman–Crippen MR) is 78.0 cm³/mol. The summed E-state index contributed by atoms with van der Waals surface area (Å²) in [4.78, 5) is 0. The van der Waals surface area contributed by atoms with E-state index in [1.54, 1.807) is 0 Å². The lowest BCUT2D eigenvalue weighted by Crippen LogP contribution is -2.49. The number of aromatic nitrogens is 2. The third-order valence-electron chi connectivity index (χ3n) is 5.00. The molecule has 5 heteroatoms.